The largest absolute Gasteiger partial charge is 0.370 e. The van der Waals surface area contributed by atoms with E-state index in [2.05, 4.69) is 31.2 Å². The van der Waals surface area contributed by atoms with Crippen LogP contribution in [0.2, 0.25) is 0 Å². The highest BCUT2D eigenvalue weighted by atomic mass is 19.1. The summed E-state index contributed by atoms with van der Waals surface area (Å²) in [5, 5.41) is 0. The van der Waals surface area contributed by atoms with E-state index in [1.165, 1.54) is 17.7 Å². The van der Waals surface area contributed by atoms with Crippen molar-refractivity contribution in [1.82, 2.24) is 4.90 Å². The van der Waals surface area contributed by atoms with E-state index in [4.69, 9.17) is 4.74 Å². The SMILES string of the molecule is CCc1ccc(C2CN(C(=O)c3cccc(F)c3)CCO2)cc1. The van der Waals surface area contributed by atoms with Gasteiger partial charge in [0.2, 0.25) is 0 Å². The van der Waals surface area contributed by atoms with Crippen LogP contribution in [0, 0.1) is 5.82 Å². The van der Waals surface area contributed by atoms with Crippen molar-refractivity contribution >= 4 is 5.91 Å². The van der Waals surface area contributed by atoms with E-state index in [0.29, 0.717) is 25.3 Å². The van der Waals surface area contributed by atoms with E-state index < -0.39 is 5.82 Å². The van der Waals surface area contributed by atoms with Gasteiger partial charge in [-0.1, -0.05) is 37.3 Å². The quantitative estimate of drug-likeness (QED) is 0.866. The summed E-state index contributed by atoms with van der Waals surface area (Å²) in [5.41, 5.74) is 2.73. The van der Waals surface area contributed by atoms with Gasteiger partial charge in [-0.25, -0.2) is 4.39 Å². The van der Waals surface area contributed by atoms with Gasteiger partial charge in [0, 0.05) is 12.1 Å². The molecule has 0 spiro atoms. The van der Waals surface area contributed by atoms with Gasteiger partial charge in [-0.15, -0.1) is 0 Å². The first-order valence-corrected chi connectivity index (χ1v) is 7.92. The van der Waals surface area contributed by atoms with Crippen LogP contribution in [-0.2, 0) is 11.2 Å². The molecule has 3 rings (SSSR count). The molecule has 2 aromatic carbocycles. The molecule has 0 aliphatic carbocycles. The predicted octanol–water partition coefficient (Wildman–Crippen LogP) is 3.60. The maximum atomic E-state index is 13.3. The fourth-order valence-electron chi connectivity index (χ4n) is 2.81. The molecule has 1 heterocycles. The van der Waals surface area contributed by atoms with Crippen molar-refractivity contribution in [3.8, 4) is 0 Å². The van der Waals surface area contributed by atoms with Crippen molar-refractivity contribution in [3.05, 3.63) is 71.0 Å². The Morgan fingerprint density at radius 2 is 2.04 bits per heavy atom. The lowest BCUT2D eigenvalue weighted by Gasteiger charge is -2.33. The molecular weight excluding hydrogens is 293 g/mol. The Balaban J connectivity index is 1.73. The minimum atomic E-state index is -0.393. The number of benzene rings is 2. The number of rotatable bonds is 3. The van der Waals surface area contributed by atoms with E-state index in [0.717, 1.165) is 12.0 Å². The Morgan fingerprint density at radius 1 is 1.26 bits per heavy atom. The summed E-state index contributed by atoms with van der Waals surface area (Å²) in [4.78, 5) is 14.3. The molecule has 4 heteroatoms. The van der Waals surface area contributed by atoms with Gasteiger partial charge in [0.25, 0.3) is 5.91 Å². The molecule has 1 saturated heterocycles. The number of amides is 1. The zero-order valence-corrected chi connectivity index (χ0v) is 13.2. The first kappa shape index (κ1) is 15.7. The number of carbonyl (C=O) groups is 1. The number of morpholine rings is 1. The van der Waals surface area contributed by atoms with Crippen LogP contribution in [0.5, 0.6) is 0 Å². The molecule has 0 saturated carbocycles. The Labute approximate surface area is 135 Å². The second-order valence-electron chi connectivity index (χ2n) is 5.72. The molecule has 23 heavy (non-hydrogen) atoms. The second-order valence-corrected chi connectivity index (χ2v) is 5.72. The number of nitrogens with zero attached hydrogens (tertiary/aromatic N) is 1. The van der Waals surface area contributed by atoms with Crippen molar-refractivity contribution in [1.29, 1.82) is 0 Å². The molecule has 0 N–H and O–H groups in total. The van der Waals surface area contributed by atoms with Gasteiger partial charge in [-0.2, -0.15) is 0 Å². The molecule has 0 bridgehead atoms. The fraction of sp³-hybridized carbons (Fsp3) is 0.316. The maximum Gasteiger partial charge on any atom is 0.254 e. The topological polar surface area (TPSA) is 29.5 Å². The average molecular weight is 313 g/mol. The van der Waals surface area contributed by atoms with Crippen molar-refractivity contribution in [3.63, 3.8) is 0 Å². The van der Waals surface area contributed by atoms with Crippen LogP contribution in [0.15, 0.2) is 48.5 Å². The summed E-state index contributed by atoms with van der Waals surface area (Å²) >= 11 is 0. The summed E-state index contributed by atoms with van der Waals surface area (Å²) < 4.78 is 19.1. The second kappa shape index (κ2) is 6.92. The van der Waals surface area contributed by atoms with Gasteiger partial charge in [-0.3, -0.25) is 4.79 Å². The van der Waals surface area contributed by atoms with Crippen LogP contribution in [0.25, 0.3) is 0 Å². The van der Waals surface area contributed by atoms with E-state index >= 15 is 0 Å². The smallest absolute Gasteiger partial charge is 0.254 e. The van der Waals surface area contributed by atoms with E-state index in [1.807, 2.05) is 0 Å². The fourth-order valence-corrected chi connectivity index (χ4v) is 2.81. The lowest BCUT2D eigenvalue weighted by molar-refractivity contribution is -0.0228. The Kier molecular flexibility index (Phi) is 4.72. The summed E-state index contributed by atoms with van der Waals surface area (Å²) in [6, 6.07) is 14.1. The lowest BCUT2D eigenvalue weighted by atomic mass is 10.0. The zero-order chi connectivity index (χ0) is 16.2. The highest BCUT2D eigenvalue weighted by molar-refractivity contribution is 5.94. The third-order valence-corrected chi connectivity index (χ3v) is 4.18. The predicted molar refractivity (Wildman–Crippen MR) is 86.8 cm³/mol. The third-order valence-electron chi connectivity index (χ3n) is 4.18. The number of carbonyl (C=O) groups excluding carboxylic acids is 1. The van der Waals surface area contributed by atoms with Crippen LogP contribution in [-0.4, -0.2) is 30.5 Å². The molecule has 1 fully saturated rings. The molecule has 3 nitrogen and oxygen atoms in total. The molecule has 120 valence electrons. The molecule has 1 unspecified atom stereocenters. The molecule has 1 atom stereocenters. The molecular formula is C19H20FNO2. The average Bonchev–Trinajstić information content (AvgIpc) is 2.61. The van der Waals surface area contributed by atoms with E-state index in [-0.39, 0.29) is 12.0 Å². The van der Waals surface area contributed by atoms with Crippen LogP contribution in [0.4, 0.5) is 4.39 Å². The molecule has 0 radical (unpaired) electrons. The molecule has 2 aromatic rings. The van der Waals surface area contributed by atoms with Gasteiger partial charge >= 0.3 is 0 Å². The zero-order valence-electron chi connectivity index (χ0n) is 13.2. The molecule has 1 amide bonds. The van der Waals surface area contributed by atoms with Crippen LogP contribution >= 0.6 is 0 Å². The van der Waals surface area contributed by atoms with Crippen molar-refractivity contribution in [2.24, 2.45) is 0 Å². The Hall–Kier alpha value is -2.20. The number of hydrogen-bond acceptors (Lipinski definition) is 2. The summed E-state index contributed by atoms with van der Waals surface area (Å²) in [6.07, 6.45) is 0.864. The number of aryl methyl sites for hydroxylation is 1. The van der Waals surface area contributed by atoms with Crippen LogP contribution in [0.1, 0.15) is 34.5 Å². The highest BCUT2D eigenvalue weighted by Gasteiger charge is 2.26. The first-order chi connectivity index (χ1) is 11.2. The van der Waals surface area contributed by atoms with Gasteiger partial charge < -0.3 is 9.64 Å². The van der Waals surface area contributed by atoms with Gasteiger partial charge in [0.1, 0.15) is 11.9 Å². The van der Waals surface area contributed by atoms with Gasteiger partial charge in [0.05, 0.1) is 13.2 Å². The van der Waals surface area contributed by atoms with Gasteiger partial charge in [0.15, 0.2) is 0 Å². The highest BCUT2D eigenvalue weighted by Crippen LogP contribution is 2.24. The number of hydrogen-bond donors (Lipinski definition) is 0. The minimum Gasteiger partial charge on any atom is -0.370 e. The Bertz CT molecular complexity index is 684. The molecule has 0 aromatic heterocycles. The Morgan fingerprint density at radius 3 is 2.74 bits per heavy atom. The lowest BCUT2D eigenvalue weighted by Crippen LogP contribution is -2.42. The third kappa shape index (κ3) is 3.59. The normalized spacial score (nSPS) is 18.0. The van der Waals surface area contributed by atoms with Crippen molar-refractivity contribution in [2.75, 3.05) is 19.7 Å². The number of ether oxygens (including phenoxy) is 1. The monoisotopic (exact) mass is 313 g/mol. The standard InChI is InChI=1S/C19H20FNO2/c1-2-14-6-8-15(9-7-14)18-13-21(10-11-23-18)19(22)16-4-3-5-17(20)12-16/h3-9,12,18H,2,10-11,13H2,1H3. The van der Waals surface area contributed by atoms with E-state index in [1.54, 1.807) is 17.0 Å². The van der Waals surface area contributed by atoms with E-state index in [9.17, 15) is 9.18 Å². The number of halogens is 1. The van der Waals surface area contributed by atoms with Crippen LogP contribution in [0.3, 0.4) is 0 Å². The summed E-state index contributed by atoms with van der Waals surface area (Å²) in [5.74, 6) is -0.543. The summed E-state index contributed by atoms with van der Waals surface area (Å²) in [7, 11) is 0. The van der Waals surface area contributed by atoms with Crippen LogP contribution < -0.4 is 0 Å². The molecule has 1 aliphatic rings. The van der Waals surface area contributed by atoms with Crippen molar-refractivity contribution in [2.45, 2.75) is 19.4 Å². The maximum absolute atomic E-state index is 13.3. The minimum absolute atomic E-state index is 0.132. The first-order valence-electron chi connectivity index (χ1n) is 7.92. The summed E-state index contributed by atoms with van der Waals surface area (Å²) in [6.45, 7) is 3.62. The van der Waals surface area contributed by atoms with Gasteiger partial charge in [-0.05, 0) is 35.7 Å². The molecule has 1 aliphatic heterocycles. The van der Waals surface area contributed by atoms with Crippen molar-refractivity contribution < 1.29 is 13.9 Å².